The van der Waals surface area contributed by atoms with Gasteiger partial charge in [0.15, 0.2) is 11.5 Å². The van der Waals surface area contributed by atoms with Gasteiger partial charge in [0, 0.05) is 11.8 Å². The maximum Gasteiger partial charge on any atom is 0.166 e. The summed E-state index contributed by atoms with van der Waals surface area (Å²) in [6.45, 7) is 2.35. The van der Waals surface area contributed by atoms with Crippen LogP contribution in [-0.2, 0) is 0 Å². The van der Waals surface area contributed by atoms with Gasteiger partial charge >= 0.3 is 0 Å². The predicted octanol–water partition coefficient (Wildman–Crippen LogP) is 3.41. The van der Waals surface area contributed by atoms with E-state index in [1.165, 1.54) is 0 Å². The number of phenolic OH excluding ortho intramolecular Hbond substituents is 1. The summed E-state index contributed by atoms with van der Waals surface area (Å²) in [6.07, 6.45) is 1.57. The van der Waals surface area contributed by atoms with Crippen LogP contribution < -0.4 is 4.74 Å². The number of rotatable bonds is 4. The van der Waals surface area contributed by atoms with Gasteiger partial charge < -0.3 is 9.84 Å². The van der Waals surface area contributed by atoms with Gasteiger partial charge in [0.1, 0.15) is 0 Å². The lowest BCUT2D eigenvalue weighted by molar-refractivity contribution is 0.318. The standard InChI is InChI=1S/C16H14N2O2/c1-2-20-15-5-3-4-13(16(15)19)11-18-14-8-6-12(10-17)7-9-14/h3-9,11,19H,2H2,1H3. The first-order valence-electron chi connectivity index (χ1n) is 6.23. The number of hydrogen-bond donors (Lipinski definition) is 1. The van der Waals surface area contributed by atoms with Crippen molar-refractivity contribution in [2.45, 2.75) is 6.92 Å². The molecule has 0 aromatic heterocycles. The quantitative estimate of drug-likeness (QED) is 0.862. The third-order valence-corrected chi connectivity index (χ3v) is 2.68. The van der Waals surface area contributed by atoms with Gasteiger partial charge in [-0.1, -0.05) is 6.07 Å². The van der Waals surface area contributed by atoms with Crippen molar-refractivity contribution in [3.8, 4) is 17.6 Å². The number of para-hydroxylation sites is 1. The SMILES string of the molecule is CCOc1cccc(C=Nc2ccc(C#N)cc2)c1O. The van der Waals surface area contributed by atoms with Crippen molar-refractivity contribution in [3.05, 3.63) is 53.6 Å². The number of hydrogen-bond acceptors (Lipinski definition) is 4. The normalized spacial score (nSPS) is 10.4. The first kappa shape index (κ1) is 13.6. The molecular formula is C16H14N2O2. The summed E-state index contributed by atoms with van der Waals surface area (Å²) in [5.74, 6) is 0.517. The molecule has 20 heavy (non-hydrogen) atoms. The van der Waals surface area contributed by atoms with E-state index in [1.54, 1.807) is 48.7 Å². The Kier molecular flexibility index (Phi) is 4.35. The molecule has 0 atom stereocenters. The number of ether oxygens (including phenoxy) is 1. The monoisotopic (exact) mass is 266 g/mol. The maximum absolute atomic E-state index is 10.0. The second-order valence-corrected chi connectivity index (χ2v) is 4.04. The van der Waals surface area contributed by atoms with E-state index >= 15 is 0 Å². The Bertz CT molecular complexity index is 655. The van der Waals surface area contributed by atoms with Gasteiger partial charge in [-0.05, 0) is 43.3 Å². The van der Waals surface area contributed by atoms with Crippen LogP contribution in [0, 0.1) is 11.3 Å². The van der Waals surface area contributed by atoms with Crippen molar-refractivity contribution in [2.24, 2.45) is 4.99 Å². The third kappa shape index (κ3) is 3.15. The summed E-state index contributed by atoms with van der Waals surface area (Å²) >= 11 is 0. The molecule has 2 rings (SSSR count). The summed E-state index contributed by atoms with van der Waals surface area (Å²) in [5, 5.41) is 18.7. The summed E-state index contributed by atoms with van der Waals surface area (Å²) in [5.41, 5.74) is 1.88. The lowest BCUT2D eigenvalue weighted by Crippen LogP contribution is -1.93. The fourth-order valence-electron chi connectivity index (χ4n) is 1.68. The first-order valence-corrected chi connectivity index (χ1v) is 6.23. The Morgan fingerprint density at radius 1 is 1.25 bits per heavy atom. The topological polar surface area (TPSA) is 65.6 Å². The van der Waals surface area contributed by atoms with Crippen LogP contribution >= 0.6 is 0 Å². The van der Waals surface area contributed by atoms with E-state index < -0.39 is 0 Å². The molecule has 0 saturated carbocycles. The fourth-order valence-corrected chi connectivity index (χ4v) is 1.68. The van der Waals surface area contributed by atoms with Gasteiger partial charge in [-0.15, -0.1) is 0 Å². The molecule has 0 saturated heterocycles. The first-order chi connectivity index (χ1) is 9.74. The van der Waals surface area contributed by atoms with Crippen LogP contribution in [0.15, 0.2) is 47.5 Å². The molecule has 0 radical (unpaired) electrons. The molecule has 0 amide bonds. The van der Waals surface area contributed by atoms with Crippen molar-refractivity contribution in [2.75, 3.05) is 6.61 Å². The van der Waals surface area contributed by atoms with E-state index in [1.807, 2.05) is 6.92 Å². The predicted molar refractivity (Wildman–Crippen MR) is 77.7 cm³/mol. The lowest BCUT2D eigenvalue weighted by atomic mass is 10.2. The number of nitrogens with zero attached hydrogens (tertiary/aromatic N) is 2. The highest BCUT2D eigenvalue weighted by Gasteiger charge is 2.05. The zero-order valence-electron chi connectivity index (χ0n) is 11.1. The van der Waals surface area contributed by atoms with Crippen molar-refractivity contribution in [1.29, 1.82) is 5.26 Å². The Hall–Kier alpha value is -2.80. The Morgan fingerprint density at radius 3 is 2.65 bits per heavy atom. The highest BCUT2D eigenvalue weighted by molar-refractivity contribution is 5.86. The summed E-state index contributed by atoms with van der Waals surface area (Å²) in [6, 6.07) is 14.2. The molecule has 4 heteroatoms. The molecule has 2 aromatic rings. The smallest absolute Gasteiger partial charge is 0.166 e. The van der Waals surface area contributed by atoms with Crippen molar-refractivity contribution in [1.82, 2.24) is 0 Å². The molecule has 0 aliphatic carbocycles. The Balaban J connectivity index is 2.22. The molecule has 0 aliphatic heterocycles. The van der Waals surface area contributed by atoms with E-state index in [0.717, 1.165) is 0 Å². The van der Waals surface area contributed by atoms with Gasteiger partial charge in [-0.3, -0.25) is 4.99 Å². The molecule has 0 fully saturated rings. The van der Waals surface area contributed by atoms with E-state index in [-0.39, 0.29) is 5.75 Å². The number of aromatic hydroxyl groups is 1. The molecule has 0 spiro atoms. The second kappa shape index (κ2) is 6.39. The average Bonchev–Trinajstić information content (AvgIpc) is 2.49. The molecule has 0 unspecified atom stereocenters. The lowest BCUT2D eigenvalue weighted by Gasteiger charge is -2.07. The van der Waals surface area contributed by atoms with Gasteiger partial charge in [-0.25, -0.2) is 0 Å². The Labute approximate surface area is 117 Å². The van der Waals surface area contributed by atoms with Crippen molar-refractivity contribution >= 4 is 11.9 Å². The average molecular weight is 266 g/mol. The minimum absolute atomic E-state index is 0.0757. The maximum atomic E-state index is 10.0. The zero-order valence-corrected chi connectivity index (χ0v) is 11.1. The molecule has 2 aromatic carbocycles. The molecule has 4 nitrogen and oxygen atoms in total. The van der Waals surface area contributed by atoms with E-state index in [9.17, 15) is 5.11 Å². The number of benzene rings is 2. The number of aliphatic imine (C=N–C) groups is 1. The minimum Gasteiger partial charge on any atom is -0.504 e. The molecule has 0 aliphatic rings. The zero-order chi connectivity index (χ0) is 14.4. The summed E-state index contributed by atoms with van der Waals surface area (Å²) < 4.78 is 5.31. The summed E-state index contributed by atoms with van der Waals surface area (Å²) in [4.78, 5) is 4.26. The van der Waals surface area contributed by atoms with Gasteiger partial charge in [0.2, 0.25) is 0 Å². The number of nitriles is 1. The van der Waals surface area contributed by atoms with E-state index in [4.69, 9.17) is 10.00 Å². The molecule has 100 valence electrons. The minimum atomic E-state index is 0.0757. The van der Waals surface area contributed by atoms with Crippen LogP contribution in [0.25, 0.3) is 0 Å². The summed E-state index contributed by atoms with van der Waals surface area (Å²) in [7, 11) is 0. The van der Waals surface area contributed by atoms with Crippen LogP contribution in [0.2, 0.25) is 0 Å². The molecule has 0 bridgehead atoms. The van der Waals surface area contributed by atoms with Crippen molar-refractivity contribution in [3.63, 3.8) is 0 Å². The number of phenols is 1. The molecular weight excluding hydrogens is 252 g/mol. The van der Waals surface area contributed by atoms with Crippen LogP contribution in [0.5, 0.6) is 11.5 Å². The van der Waals surface area contributed by atoms with Crippen LogP contribution in [0.3, 0.4) is 0 Å². The van der Waals surface area contributed by atoms with E-state index in [2.05, 4.69) is 11.1 Å². The van der Waals surface area contributed by atoms with Crippen LogP contribution in [0.4, 0.5) is 5.69 Å². The second-order valence-electron chi connectivity index (χ2n) is 4.04. The van der Waals surface area contributed by atoms with Crippen LogP contribution in [-0.4, -0.2) is 17.9 Å². The molecule has 1 N–H and O–H groups in total. The largest absolute Gasteiger partial charge is 0.504 e. The Morgan fingerprint density at radius 2 is 2.00 bits per heavy atom. The molecule has 0 heterocycles. The van der Waals surface area contributed by atoms with E-state index in [0.29, 0.717) is 29.2 Å². The van der Waals surface area contributed by atoms with Crippen molar-refractivity contribution < 1.29 is 9.84 Å². The highest BCUT2D eigenvalue weighted by atomic mass is 16.5. The van der Waals surface area contributed by atoms with Gasteiger partial charge in [0.25, 0.3) is 0 Å². The highest BCUT2D eigenvalue weighted by Crippen LogP contribution is 2.29. The van der Waals surface area contributed by atoms with Gasteiger partial charge in [0.05, 0.1) is 23.9 Å². The fraction of sp³-hybridized carbons (Fsp3) is 0.125. The van der Waals surface area contributed by atoms with Crippen LogP contribution in [0.1, 0.15) is 18.1 Å². The van der Waals surface area contributed by atoms with Gasteiger partial charge in [-0.2, -0.15) is 5.26 Å². The third-order valence-electron chi connectivity index (χ3n) is 2.68.